The number of benzene rings is 1. The third-order valence-corrected chi connectivity index (χ3v) is 5.02. The van der Waals surface area contributed by atoms with Crippen molar-refractivity contribution in [2.75, 3.05) is 20.4 Å². The Morgan fingerprint density at radius 3 is 3.00 bits per heavy atom. The van der Waals surface area contributed by atoms with E-state index >= 15 is 0 Å². The topological polar surface area (TPSA) is 39.7 Å². The van der Waals surface area contributed by atoms with Crippen molar-refractivity contribution in [3.8, 4) is 17.2 Å². The van der Waals surface area contributed by atoms with Gasteiger partial charge in [0.2, 0.25) is 12.5 Å². The summed E-state index contributed by atoms with van der Waals surface area (Å²) in [5, 5.41) is 3.21. The minimum atomic E-state index is 0.0220. The molecule has 124 valence electrons. The minimum absolute atomic E-state index is 0.0220. The first kappa shape index (κ1) is 16.1. The van der Waals surface area contributed by atoms with Crippen LogP contribution in [-0.2, 0) is 6.42 Å². The summed E-state index contributed by atoms with van der Waals surface area (Å²) in [6.07, 6.45) is 3.22. The average molecular weight is 333 g/mol. The zero-order valence-electron chi connectivity index (χ0n) is 13.6. The first-order valence-corrected chi connectivity index (χ1v) is 8.92. The number of hydrogen-bond donors (Lipinski definition) is 1. The van der Waals surface area contributed by atoms with Gasteiger partial charge in [-0.05, 0) is 44.3 Å². The number of hydrogen-bond acceptors (Lipinski definition) is 5. The highest BCUT2D eigenvalue weighted by molar-refractivity contribution is 7.12. The zero-order valence-corrected chi connectivity index (χ0v) is 14.4. The monoisotopic (exact) mass is 333 g/mol. The Kier molecular flexibility index (Phi) is 5.41. The van der Waals surface area contributed by atoms with E-state index in [0.29, 0.717) is 5.75 Å². The molecular weight excluding hydrogens is 310 g/mol. The summed E-state index contributed by atoms with van der Waals surface area (Å²) in [6, 6.07) is 10.2. The number of rotatable bonds is 8. The van der Waals surface area contributed by atoms with E-state index in [1.54, 1.807) is 0 Å². The van der Waals surface area contributed by atoms with Crippen molar-refractivity contribution in [2.45, 2.75) is 32.3 Å². The quantitative estimate of drug-likeness (QED) is 0.787. The lowest BCUT2D eigenvalue weighted by atomic mass is 10.2. The standard InChI is InChI=1S/C18H23NO3S/c1-3-5-13-8-9-17(23-13)14(10-11-19-2)22-16-7-4-6-15-18(16)21-12-20-15/h4,6-9,14,19H,3,5,10-12H2,1-2H3. The summed E-state index contributed by atoms with van der Waals surface area (Å²) in [5.74, 6) is 2.23. The second-order valence-electron chi connectivity index (χ2n) is 5.54. The van der Waals surface area contributed by atoms with Crippen LogP contribution in [0.1, 0.15) is 35.6 Å². The maximum absolute atomic E-state index is 6.30. The highest BCUT2D eigenvalue weighted by Crippen LogP contribution is 2.43. The van der Waals surface area contributed by atoms with Gasteiger partial charge in [-0.15, -0.1) is 11.3 Å². The van der Waals surface area contributed by atoms with Crippen LogP contribution in [0, 0.1) is 0 Å². The molecule has 0 saturated heterocycles. The van der Waals surface area contributed by atoms with E-state index in [4.69, 9.17) is 14.2 Å². The number of thiophene rings is 1. The lowest BCUT2D eigenvalue weighted by Crippen LogP contribution is -2.15. The predicted octanol–water partition coefficient (Wildman–Crippen LogP) is 4.16. The van der Waals surface area contributed by atoms with Crippen LogP contribution >= 0.6 is 11.3 Å². The van der Waals surface area contributed by atoms with Crippen molar-refractivity contribution < 1.29 is 14.2 Å². The van der Waals surface area contributed by atoms with E-state index < -0.39 is 0 Å². The molecule has 1 N–H and O–H groups in total. The fourth-order valence-electron chi connectivity index (χ4n) is 2.63. The van der Waals surface area contributed by atoms with Crippen LogP contribution in [0.4, 0.5) is 0 Å². The van der Waals surface area contributed by atoms with E-state index in [0.717, 1.165) is 30.9 Å². The Bertz CT molecular complexity index is 641. The van der Waals surface area contributed by atoms with E-state index in [1.807, 2.05) is 36.6 Å². The maximum Gasteiger partial charge on any atom is 0.231 e. The van der Waals surface area contributed by atoms with Gasteiger partial charge < -0.3 is 19.5 Å². The van der Waals surface area contributed by atoms with Crippen LogP contribution < -0.4 is 19.5 Å². The molecule has 2 aromatic rings. The third kappa shape index (κ3) is 3.79. The Morgan fingerprint density at radius 1 is 1.26 bits per heavy atom. The van der Waals surface area contributed by atoms with Crippen molar-refractivity contribution in [1.82, 2.24) is 5.32 Å². The fourth-order valence-corrected chi connectivity index (χ4v) is 3.81. The van der Waals surface area contributed by atoms with E-state index in [9.17, 15) is 0 Å². The lowest BCUT2D eigenvalue weighted by Gasteiger charge is -2.19. The van der Waals surface area contributed by atoms with Gasteiger partial charge in [-0.2, -0.15) is 0 Å². The Hall–Kier alpha value is -1.72. The van der Waals surface area contributed by atoms with Crippen molar-refractivity contribution in [1.29, 1.82) is 0 Å². The Labute approximate surface area is 141 Å². The van der Waals surface area contributed by atoms with Crippen LogP contribution in [0.5, 0.6) is 17.2 Å². The molecule has 23 heavy (non-hydrogen) atoms. The van der Waals surface area contributed by atoms with Gasteiger partial charge in [-0.25, -0.2) is 0 Å². The van der Waals surface area contributed by atoms with E-state index in [-0.39, 0.29) is 12.9 Å². The third-order valence-electron chi connectivity index (χ3n) is 3.78. The van der Waals surface area contributed by atoms with Crippen LogP contribution in [0.15, 0.2) is 30.3 Å². The van der Waals surface area contributed by atoms with Gasteiger partial charge in [0.25, 0.3) is 0 Å². The average Bonchev–Trinajstić information content (AvgIpc) is 3.21. The van der Waals surface area contributed by atoms with Gasteiger partial charge in [0.15, 0.2) is 11.5 Å². The molecule has 0 spiro atoms. The van der Waals surface area contributed by atoms with Crippen LogP contribution in [0.2, 0.25) is 0 Å². The fraction of sp³-hybridized carbons (Fsp3) is 0.444. The van der Waals surface area contributed by atoms with E-state index in [2.05, 4.69) is 24.4 Å². The summed E-state index contributed by atoms with van der Waals surface area (Å²) >= 11 is 1.84. The molecule has 1 atom stereocenters. The summed E-state index contributed by atoms with van der Waals surface area (Å²) in [4.78, 5) is 2.68. The number of fused-ring (bicyclic) bond motifs is 1. The first-order valence-electron chi connectivity index (χ1n) is 8.10. The highest BCUT2D eigenvalue weighted by Gasteiger charge is 2.22. The molecule has 1 aromatic heterocycles. The van der Waals surface area contributed by atoms with Gasteiger partial charge >= 0.3 is 0 Å². The van der Waals surface area contributed by atoms with Crippen molar-refractivity contribution in [3.05, 3.63) is 40.1 Å². The molecule has 0 saturated carbocycles. The lowest BCUT2D eigenvalue weighted by molar-refractivity contribution is 0.159. The Morgan fingerprint density at radius 2 is 2.17 bits per heavy atom. The summed E-state index contributed by atoms with van der Waals surface area (Å²) in [7, 11) is 1.96. The number of aryl methyl sites for hydroxylation is 1. The van der Waals surface area contributed by atoms with E-state index in [1.165, 1.54) is 16.2 Å². The van der Waals surface area contributed by atoms with Gasteiger partial charge in [0.1, 0.15) is 6.10 Å². The van der Waals surface area contributed by atoms with Gasteiger partial charge in [0, 0.05) is 16.2 Å². The zero-order chi connectivity index (χ0) is 16.1. The number of ether oxygens (including phenoxy) is 3. The van der Waals surface area contributed by atoms with Crippen molar-refractivity contribution in [2.24, 2.45) is 0 Å². The van der Waals surface area contributed by atoms with Crippen molar-refractivity contribution >= 4 is 11.3 Å². The SMILES string of the molecule is CCCc1ccc(C(CCNC)Oc2cccc3c2OCO3)s1. The van der Waals surface area contributed by atoms with Crippen LogP contribution in [0.3, 0.4) is 0 Å². The molecular formula is C18H23NO3S. The van der Waals surface area contributed by atoms with Crippen molar-refractivity contribution in [3.63, 3.8) is 0 Å². The molecule has 1 aromatic carbocycles. The predicted molar refractivity (Wildman–Crippen MR) is 92.8 cm³/mol. The molecule has 3 rings (SSSR count). The molecule has 2 heterocycles. The molecule has 0 bridgehead atoms. The molecule has 0 aliphatic carbocycles. The maximum atomic E-state index is 6.30. The summed E-state index contributed by atoms with van der Waals surface area (Å²) in [6.45, 7) is 3.37. The molecule has 1 unspecified atom stereocenters. The molecule has 0 amide bonds. The van der Waals surface area contributed by atoms with Gasteiger partial charge in [-0.3, -0.25) is 0 Å². The van der Waals surface area contributed by atoms with Crippen LogP contribution in [0.25, 0.3) is 0 Å². The summed E-state index contributed by atoms with van der Waals surface area (Å²) in [5.41, 5.74) is 0. The molecule has 5 heteroatoms. The molecule has 4 nitrogen and oxygen atoms in total. The molecule has 1 aliphatic heterocycles. The smallest absolute Gasteiger partial charge is 0.231 e. The minimum Gasteiger partial charge on any atom is -0.481 e. The second-order valence-corrected chi connectivity index (χ2v) is 6.74. The Balaban J connectivity index is 1.80. The number of para-hydroxylation sites is 1. The van der Waals surface area contributed by atoms with Crippen LogP contribution in [-0.4, -0.2) is 20.4 Å². The first-order chi connectivity index (χ1) is 11.3. The number of nitrogens with one attached hydrogen (secondary N) is 1. The molecule has 1 aliphatic rings. The largest absolute Gasteiger partial charge is 0.481 e. The molecule has 0 fully saturated rings. The highest BCUT2D eigenvalue weighted by atomic mass is 32.1. The van der Waals surface area contributed by atoms with Gasteiger partial charge in [-0.1, -0.05) is 19.4 Å². The second kappa shape index (κ2) is 7.70. The molecule has 0 radical (unpaired) electrons. The van der Waals surface area contributed by atoms with Gasteiger partial charge in [0.05, 0.1) is 0 Å². The summed E-state index contributed by atoms with van der Waals surface area (Å²) < 4.78 is 17.3. The normalized spacial score (nSPS) is 14.0.